The van der Waals surface area contributed by atoms with Crippen molar-refractivity contribution in [3.63, 3.8) is 0 Å². The van der Waals surface area contributed by atoms with Crippen LogP contribution in [0.25, 0.3) is 22.4 Å². The topological polar surface area (TPSA) is 99.1 Å². The van der Waals surface area contributed by atoms with Crippen LogP contribution < -0.4 is 4.90 Å². The highest BCUT2D eigenvalue weighted by Gasteiger charge is 2.22. The first-order valence-electron chi connectivity index (χ1n) is 11.1. The molecule has 0 spiro atoms. The van der Waals surface area contributed by atoms with Gasteiger partial charge in [0.2, 0.25) is 5.95 Å². The third-order valence-electron chi connectivity index (χ3n) is 5.86. The maximum absolute atomic E-state index is 4.75. The van der Waals surface area contributed by atoms with Gasteiger partial charge in [-0.15, -0.1) is 0 Å². The molecule has 1 aromatic carbocycles. The molecule has 1 saturated heterocycles. The predicted molar refractivity (Wildman–Crippen MR) is 130 cm³/mol. The number of hydrogen-bond acceptors (Lipinski definition) is 8. The Morgan fingerprint density at radius 3 is 2.65 bits per heavy atom. The van der Waals surface area contributed by atoms with E-state index in [2.05, 4.69) is 57.9 Å². The summed E-state index contributed by atoms with van der Waals surface area (Å²) in [5.41, 5.74) is 3.20. The third-order valence-corrected chi connectivity index (χ3v) is 5.86. The average molecular weight is 448 g/mol. The van der Waals surface area contributed by atoms with Gasteiger partial charge in [-0.3, -0.25) is 5.10 Å². The number of aromatic nitrogens is 6. The number of rotatable bonds is 2. The van der Waals surface area contributed by atoms with E-state index in [4.69, 9.17) is 4.98 Å². The van der Waals surface area contributed by atoms with Crippen molar-refractivity contribution < 1.29 is 0 Å². The van der Waals surface area contributed by atoms with Gasteiger partial charge in [-0.1, -0.05) is 12.0 Å². The van der Waals surface area contributed by atoms with Crippen LogP contribution in [0.3, 0.4) is 0 Å². The van der Waals surface area contributed by atoms with E-state index in [1.165, 1.54) is 0 Å². The number of amidine groups is 1. The molecule has 9 heteroatoms. The lowest BCUT2D eigenvalue weighted by atomic mass is 10.1. The van der Waals surface area contributed by atoms with Gasteiger partial charge >= 0.3 is 0 Å². The molecule has 0 aliphatic carbocycles. The first-order chi connectivity index (χ1) is 16.8. The molecule has 34 heavy (non-hydrogen) atoms. The minimum atomic E-state index is 0.533. The van der Waals surface area contributed by atoms with E-state index >= 15 is 0 Å². The van der Waals surface area contributed by atoms with E-state index in [0.29, 0.717) is 23.2 Å². The van der Waals surface area contributed by atoms with Gasteiger partial charge in [0.1, 0.15) is 17.2 Å². The van der Waals surface area contributed by atoms with Crippen LogP contribution in [0.1, 0.15) is 17.7 Å². The van der Waals surface area contributed by atoms with Crippen LogP contribution in [0.4, 0.5) is 5.95 Å². The Hall–Kier alpha value is -4.58. The van der Waals surface area contributed by atoms with Crippen molar-refractivity contribution in [1.82, 2.24) is 35.0 Å². The average Bonchev–Trinajstić information content (AvgIpc) is 3.60. The number of hydrogen-bond donors (Lipinski definition) is 1. The second-order valence-electron chi connectivity index (χ2n) is 8.04. The first kappa shape index (κ1) is 20.1. The van der Waals surface area contributed by atoms with E-state index in [1.54, 1.807) is 24.7 Å². The number of piperazine rings is 1. The lowest BCUT2D eigenvalue weighted by Gasteiger charge is -2.35. The Morgan fingerprint density at radius 2 is 1.76 bits per heavy atom. The van der Waals surface area contributed by atoms with E-state index in [0.717, 1.165) is 54.9 Å². The molecule has 4 aromatic rings. The van der Waals surface area contributed by atoms with Crippen molar-refractivity contribution in [2.75, 3.05) is 31.1 Å². The zero-order valence-corrected chi connectivity index (χ0v) is 18.4. The zero-order chi connectivity index (χ0) is 22.7. The SMILES string of the molecule is C(#Cc1ccnc(-c2ccnc(N3CCN(C4=NC=CC4)CC3)n2)n1)c1ccc2[nH]ncc2c1. The van der Waals surface area contributed by atoms with Crippen LogP contribution in [-0.4, -0.2) is 67.0 Å². The number of fused-ring (bicyclic) bond motifs is 1. The summed E-state index contributed by atoms with van der Waals surface area (Å²) in [6.07, 6.45) is 10.1. The van der Waals surface area contributed by atoms with Crippen LogP contribution in [0, 0.1) is 11.8 Å². The summed E-state index contributed by atoms with van der Waals surface area (Å²) in [7, 11) is 0. The van der Waals surface area contributed by atoms with Crippen LogP contribution in [0.5, 0.6) is 0 Å². The Bertz CT molecular complexity index is 1470. The molecule has 0 radical (unpaired) electrons. The molecule has 0 bridgehead atoms. The lowest BCUT2D eigenvalue weighted by Crippen LogP contribution is -2.49. The zero-order valence-electron chi connectivity index (χ0n) is 18.4. The van der Waals surface area contributed by atoms with Gasteiger partial charge in [0, 0.05) is 62.1 Å². The molecular weight excluding hydrogens is 426 g/mol. The monoisotopic (exact) mass is 447 g/mol. The fourth-order valence-electron chi connectivity index (χ4n) is 4.06. The Morgan fingerprint density at radius 1 is 0.882 bits per heavy atom. The molecule has 0 atom stereocenters. The number of nitrogens with one attached hydrogen (secondary N) is 1. The molecule has 1 fully saturated rings. The highest BCUT2D eigenvalue weighted by molar-refractivity contribution is 5.86. The van der Waals surface area contributed by atoms with Crippen molar-refractivity contribution in [3.8, 4) is 23.4 Å². The summed E-state index contributed by atoms with van der Waals surface area (Å²) in [5.74, 6) is 8.67. The standard InChI is InChI=1S/C25H21N9/c1-2-23(26-9-1)33-12-14-34(15-13-33)25-28-11-8-22(31-25)24-27-10-7-20(30-24)5-3-18-4-6-21-19(16-18)17-29-32-21/h1,4,6-11,16-17H,2,12-15H2,(H,29,32). The normalized spacial score (nSPS) is 15.4. The van der Waals surface area contributed by atoms with Crippen molar-refractivity contribution in [3.05, 3.63) is 72.5 Å². The van der Waals surface area contributed by atoms with Crippen molar-refractivity contribution in [1.29, 1.82) is 0 Å². The fraction of sp³-hybridized carbons (Fsp3) is 0.200. The van der Waals surface area contributed by atoms with Crippen LogP contribution in [0.15, 0.2) is 66.2 Å². The molecule has 6 rings (SSSR count). The van der Waals surface area contributed by atoms with E-state index < -0.39 is 0 Å². The molecule has 1 N–H and O–H groups in total. The highest BCUT2D eigenvalue weighted by atomic mass is 15.3. The molecule has 0 unspecified atom stereocenters. The number of nitrogens with zero attached hydrogens (tertiary/aromatic N) is 8. The van der Waals surface area contributed by atoms with E-state index in [-0.39, 0.29) is 0 Å². The lowest BCUT2D eigenvalue weighted by molar-refractivity contribution is 0.379. The van der Waals surface area contributed by atoms with Gasteiger partial charge in [-0.05, 0) is 36.3 Å². The van der Waals surface area contributed by atoms with Crippen LogP contribution in [0.2, 0.25) is 0 Å². The Balaban J connectivity index is 1.19. The molecule has 3 aromatic heterocycles. The van der Waals surface area contributed by atoms with Gasteiger partial charge in [-0.2, -0.15) is 5.10 Å². The van der Waals surface area contributed by atoms with Crippen molar-refractivity contribution in [2.24, 2.45) is 4.99 Å². The largest absolute Gasteiger partial charge is 0.356 e. The van der Waals surface area contributed by atoms with Crippen LogP contribution >= 0.6 is 0 Å². The van der Waals surface area contributed by atoms with E-state index in [9.17, 15) is 0 Å². The van der Waals surface area contributed by atoms with Crippen molar-refractivity contribution in [2.45, 2.75) is 6.42 Å². The summed E-state index contributed by atoms with van der Waals surface area (Å²) in [5, 5.41) is 8.02. The van der Waals surface area contributed by atoms with Gasteiger partial charge in [0.05, 0.1) is 11.7 Å². The second-order valence-corrected chi connectivity index (χ2v) is 8.04. The molecule has 2 aliphatic rings. The van der Waals surface area contributed by atoms with E-state index in [1.807, 2.05) is 30.5 Å². The number of aromatic amines is 1. The number of aliphatic imine (C=N–C) groups is 1. The summed E-state index contributed by atoms with van der Waals surface area (Å²) in [6.45, 7) is 3.49. The molecule has 2 aliphatic heterocycles. The first-order valence-corrected chi connectivity index (χ1v) is 11.1. The molecule has 0 amide bonds. The molecule has 0 saturated carbocycles. The summed E-state index contributed by atoms with van der Waals surface area (Å²) in [6, 6.07) is 9.56. The number of benzene rings is 1. The smallest absolute Gasteiger partial charge is 0.226 e. The second kappa shape index (κ2) is 8.75. The predicted octanol–water partition coefficient (Wildman–Crippen LogP) is 2.65. The highest BCUT2D eigenvalue weighted by Crippen LogP contribution is 2.18. The quantitative estimate of drug-likeness (QED) is 0.472. The Labute approximate surface area is 196 Å². The summed E-state index contributed by atoms with van der Waals surface area (Å²) in [4.78, 5) is 27.2. The van der Waals surface area contributed by atoms with Crippen molar-refractivity contribution >= 4 is 22.7 Å². The molecule has 9 nitrogen and oxygen atoms in total. The molecule has 166 valence electrons. The van der Waals surface area contributed by atoms with Crippen LogP contribution in [-0.2, 0) is 0 Å². The van der Waals surface area contributed by atoms with Gasteiger partial charge < -0.3 is 9.80 Å². The Kier molecular flexibility index (Phi) is 5.16. The molecule has 5 heterocycles. The third kappa shape index (κ3) is 4.09. The fourth-order valence-corrected chi connectivity index (χ4v) is 4.06. The summed E-state index contributed by atoms with van der Waals surface area (Å²) >= 11 is 0. The maximum Gasteiger partial charge on any atom is 0.226 e. The van der Waals surface area contributed by atoms with Gasteiger partial charge in [0.15, 0.2) is 5.82 Å². The minimum Gasteiger partial charge on any atom is -0.356 e. The summed E-state index contributed by atoms with van der Waals surface area (Å²) < 4.78 is 0. The van der Waals surface area contributed by atoms with Gasteiger partial charge in [0.25, 0.3) is 0 Å². The number of H-pyrrole nitrogens is 1. The maximum atomic E-state index is 4.75. The number of anilines is 1. The molecular formula is C25H21N9. The minimum absolute atomic E-state index is 0.533. The van der Waals surface area contributed by atoms with Gasteiger partial charge in [-0.25, -0.2) is 24.9 Å².